The standard InChI is InChI=1S/C12H17BrN4O/c1-7(2)17-12(10(13)6-15-17)11(16-14)9-4-5-18-8(9)3/h4-7,11,16H,14H2,1-3H3. The molecule has 98 valence electrons. The highest BCUT2D eigenvalue weighted by molar-refractivity contribution is 9.10. The monoisotopic (exact) mass is 312 g/mol. The zero-order chi connectivity index (χ0) is 13.3. The Bertz CT molecular complexity index is 532. The zero-order valence-corrected chi connectivity index (χ0v) is 12.2. The Morgan fingerprint density at radius 1 is 1.50 bits per heavy atom. The molecule has 0 fully saturated rings. The average Bonchev–Trinajstić information content (AvgIpc) is 2.89. The van der Waals surface area contributed by atoms with Crippen molar-refractivity contribution in [1.82, 2.24) is 15.2 Å². The minimum absolute atomic E-state index is 0.150. The van der Waals surface area contributed by atoms with Crippen LogP contribution in [-0.4, -0.2) is 9.78 Å². The van der Waals surface area contributed by atoms with E-state index < -0.39 is 0 Å². The molecule has 2 heterocycles. The second kappa shape index (κ2) is 5.26. The van der Waals surface area contributed by atoms with Crippen molar-refractivity contribution in [1.29, 1.82) is 0 Å². The SMILES string of the molecule is Cc1occc1C(NN)c1c(Br)cnn1C(C)C. The van der Waals surface area contributed by atoms with E-state index in [2.05, 4.69) is 40.3 Å². The lowest BCUT2D eigenvalue weighted by atomic mass is 10.1. The topological polar surface area (TPSA) is 69.0 Å². The summed E-state index contributed by atoms with van der Waals surface area (Å²) in [6.07, 6.45) is 3.45. The van der Waals surface area contributed by atoms with Crippen LogP contribution in [0.25, 0.3) is 0 Å². The van der Waals surface area contributed by atoms with Crippen molar-refractivity contribution in [2.24, 2.45) is 5.84 Å². The van der Waals surface area contributed by atoms with E-state index in [0.717, 1.165) is 21.5 Å². The van der Waals surface area contributed by atoms with Crippen LogP contribution in [-0.2, 0) is 0 Å². The van der Waals surface area contributed by atoms with Crippen molar-refractivity contribution < 1.29 is 4.42 Å². The van der Waals surface area contributed by atoms with Crippen molar-refractivity contribution in [3.63, 3.8) is 0 Å². The molecule has 0 saturated heterocycles. The van der Waals surface area contributed by atoms with Gasteiger partial charge in [-0.3, -0.25) is 10.5 Å². The average molecular weight is 313 g/mol. The van der Waals surface area contributed by atoms with E-state index in [4.69, 9.17) is 10.3 Å². The summed E-state index contributed by atoms with van der Waals surface area (Å²) in [4.78, 5) is 0. The molecule has 0 aliphatic rings. The number of aromatic nitrogens is 2. The molecular weight excluding hydrogens is 296 g/mol. The molecule has 2 aromatic heterocycles. The van der Waals surface area contributed by atoms with Crippen LogP contribution in [0, 0.1) is 6.92 Å². The van der Waals surface area contributed by atoms with E-state index >= 15 is 0 Å². The predicted octanol–water partition coefficient (Wildman–Crippen LogP) is 2.68. The zero-order valence-electron chi connectivity index (χ0n) is 10.6. The molecule has 1 atom stereocenters. The molecule has 0 saturated carbocycles. The van der Waals surface area contributed by atoms with Gasteiger partial charge in [0.15, 0.2) is 0 Å². The second-order valence-corrected chi connectivity index (χ2v) is 5.30. The van der Waals surface area contributed by atoms with Gasteiger partial charge in [0.1, 0.15) is 5.76 Å². The summed E-state index contributed by atoms with van der Waals surface area (Å²) >= 11 is 3.53. The summed E-state index contributed by atoms with van der Waals surface area (Å²) in [6, 6.07) is 2.03. The molecule has 0 amide bonds. The van der Waals surface area contributed by atoms with Gasteiger partial charge in [-0.05, 0) is 42.8 Å². The first-order valence-electron chi connectivity index (χ1n) is 5.79. The number of furan rings is 1. The molecule has 0 bridgehead atoms. The van der Waals surface area contributed by atoms with Crippen molar-refractivity contribution in [2.45, 2.75) is 32.9 Å². The van der Waals surface area contributed by atoms with Crippen molar-refractivity contribution in [3.8, 4) is 0 Å². The first-order valence-corrected chi connectivity index (χ1v) is 6.58. The first kappa shape index (κ1) is 13.3. The van der Waals surface area contributed by atoms with Crippen molar-refractivity contribution >= 4 is 15.9 Å². The molecule has 0 spiro atoms. The largest absolute Gasteiger partial charge is 0.469 e. The minimum Gasteiger partial charge on any atom is -0.469 e. The lowest BCUT2D eigenvalue weighted by Crippen LogP contribution is -2.31. The van der Waals surface area contributed by atoms with Crippen LogP contribution in [0.5, 0.6) is 0 Å². The molecular formula is C12H17BrN4O. The van der Waals surface area contributed by atoms with Gasteiger partial charge in [0.2, 0.25) is 0 Å². The molecule has 0 aliphatic heterocycles. The molecule has 2 aromatic rings. The highest BCUT2D eigenvalue weighted by Gasteiger charge is 2.24. The van der Waals surface area contributed by atoms with Gasteiger partial charge in [0.25, 0.3) is 0 Å². The predicted molar refractivity (Wildman–Crippen MR) is 72.9 cm³/mol. The van der Waals surface area contributed by atoms with Crippen LogP contribution in [0.2, 0.25) is 0 Å². The third-order valence-corrected chi connectivity index (χ3v) is 3.54. The van der Waals surface area contributed by atoms with Gasteiger partial charge >= 0.3 is 0 Å². The van der Waals surface area contributed by atoms with Crippen LogP contribution >= 0.6 is 15.9 Å². The number of nitrogens with zero attached hydrogens (tertiary/aromatic N) is 2. The molecule has 0 aliphatic carbocycles. The Balaban J connectivity index is 2.52. The molecule has 0 aromatic carbocycles. The third-order valence-electron chi connectivity index (χ3n) is 2.93. The number of hydrazine groups is 1. The number of hydrogen-bond acceptors (Lipinski definition) is 4. The van der Waals surface area contributed by atoms with E-state index in [1.807, 2.05) is 17.7 Å². The maximum atomic E-state index is 5.71. The summed E-state index contributed by atoms with van der Waals surface area (Å²) in [7, 11) is 0. The smallest absolute Gasteiger partial charge is 0.105 e. The van der Waals surface area contributed by atoms with Crippen LogP contribution in [0.3, 0.4) is 0 Å². The van der Waals surface area contributed by atoms with E-state index in [1.54, 1.807) is 12.5 Å². The third kappa shape index (κ3) is 2.23. The van der Waals surface area contributed by atoms with E-state index in [0.29, 0.717) is 0 Å². The second-order valence-electron chi connectivity index (χ2n) is 4.45. The molecule has 0 radical (unpaired) electrons. The number of nitrogens with two attached hydrogens (primary N) is 1. The van der Waals surface area contributed by atoms with Gasteiger partial charge in [-0.25, -0.2) is 5.43 Å². The van der Waals surface area contributed by atoms with Crippen LogP contribution in [0.1, 0.15) is 42.9 Å². The van der Waals surface area contributed by atoms with Gasteiger partial charge < -0.3 is 4.42 Å². The summed E-state index contributed by atoms with van der Waals surface area (Å²) in [5.41, 5.74) is 4.84. The summed E-state index contributed by atoms with van der Waals surface area (Å²) in [5, 5.41) is 4.37. The van der Waals surface area contributed by atoms with Gasteiger partial charge in [-0.1, -0.05) is 0 Å². The molecule has 1 unspecified atom stereocenters. The number of hydrogen-bond donors (Lipinski definition) is 2. The van der Waals surface area contributed by atoms with Crippen molar-refractivity contribution in [3.05, 3.63) is 40.0 Å². The Morgan fingerprint density at radius 2 is 2.22 bits per heavy atom. The number of aryl methyl sites for hydroxylation is 1. The Labute approximate surface area is 114 Å². The van der Waals surface area contributed by atoms with E-state index in [9.17, 15) is 0 Å². The van der Waals surface area contributed by atoms with Crippen LogP contribution in [0.4, 0.5) is 0 Å². The Morgan fingerprint density at radius 3 is 2.72 bits per heavy atom. The van der Waals surface area contributed by atoms with E-state index in [-0.39, 0.29) is 12.1 Å². The summed E-state index contributed by atoms with van der Waals surface area (Å²) in [5.74, 6) is 6.56. The Kier molecular flexibility index (Phi) is 3.89. The lowest BCUT2D eigenvalue weighted by molar-refractivity contribution is 0.468. The number of rotatable bonds is 4. The van der Waals surface area contributed by atoms with Crippen molar-refractivity contribution in [2.75, 3.05) is 0 Å². The Hall–Kier alpha value is -1.11. The van der Waals surface area contributed by atoms with E-state index in [1.165, 1.54) is 0 Å². The molecule has 6 heteroatoms. The van der Waals surface area contributed by atoms with Crippen LogP contribution < -0.4 is 11.3 Å². The molecule has 18 heavy (non-hydrogen) atoms. The quantitative estimate of drug-likeness (QED) is 0.672. The lowest BCUT2D eigenvalue weighted by Gasteiger charge is -2.20. The molecule has 3 N–H and O–H groups in total. The fraction of sp³-hybridized carbons (Fsp3) is 0.417. The van der Waals surface area contributed by atoms with Crippen LogP contribution in [0.15, 0.2) is 27.4 Å². The fourth-order valence-corrected chi connectivity index (χ4v) is 2.54. The number of halogens is 1. The first-order chi connectivity index (χ1) is 8.56. The summed E-state index contributed by atoms with van der Waals surface area (Å²) < 4.78 is 8.22. The maximum Gasteiger partial charge on any atom is 0.105 e. The maximum absolute atomic E-state index is 5.71. The summed E-state index contributed by atoms with van der Waals surface area (Å²) in [6.45, 7) is 6.08. The highest BCUT2D eigenvalue weighted by atomic mass is 79.9. The van der Waals surface area contributed by atoms with Gasteiger partial charge in [0.05, 0.1) is 28.7 Å². The number of nitrogens with one attached hydrogen (secondary N) is 1. The van der Waals surface area contributed by atoms with Gasteiger partial charge in [-0.15, -0.1) is 0 Å². The highest BCUT2D eigenvalue weighted by Crippen LogP contribution is 2.31. The molecule has 2 rings (SSSR count). The fourth-order valence-electron chi connectivity index (χ4n) is 2.04. The van der Waals surface area contributed by atoms with Gasteiger partial charge in [0, 0.05) is 11.6 Å². The normalized spacial score (nSPS) is 13.2. The molecule has 5 nitrogen and oxygen atoms in total. The van der Waals surface area contributed by atoms with Gasteiger partial charge in [-0.2, -0.15) is 5.10 Å². The minimum atomic E-state index is -0.150.